The maximum atomic E-state index is 14.5. The lowest BCUT2D eigenvalue weighted by molar-refractivity contribution is 0.496. The van der Waals surface area contributed by atoms with Crippen LogP contribution < -0.4 is 5.73 Å². The average Bonchev–Trinajstić information content (AvgIpc) is 3.26. The molecule has 0 saturated carbocycles. The number of hydrogen-bond acceptors (Lipinski definition) is 4. The van der Waals surface area contributed by atoms with Crippen molar-refractivity contribution in [2.24, 2.45) is 0 Å². The smallest absolute Gasteiger partial charge is 0.161 e. The lowest BCUT2D eigenvalue weighted by Gasteiger charge is -2.11. The van der Waals surface area contributed by atoms with Crippen molar-refractivity contribution in [1.82, 2.24) is 19.5 Å². The standard InChI is InChI=1S/C20H14F3N5/c21-13-8-15(23)14(22)7-11(13)18-19(28-5-1-2-17(28)27-18)10-3-4-16-12(6-10)20(24)26-9-25-16/h3-4,6-9H,1-2,5H2,(H2,24,25,26). The molecular weight excluding hydrogens is 367 g/mol. The van der Waals surface area contributed by atoms with Crippen LogP contribution in [0.15, 0.2) is 36.7 Å². The van der Waals surface area contributed by atoms with Crippen LogP contribution in [-0.4, -0.2) is 19.5 Å². The van der Waals surface area contributed by atoms with Crippen molar-refractivity contribution in [3.8, 4) is 22.5 Å². The van der Waals surface area contributed by atoms with Gasteiger partial charge in [-0.2, -0.15) is 0 Å². The highest BCUT2D eigenvalue weighted by atomic mass is 19.2. The number of nitrogen functional groups attached to an aromatic ring is 1. The molecule has 1 aliphatic heterocycles. The summed E-state index contributed by atoms with van der Waals surface area (Å²) < 4.78 is 43.7. The number of nitrogens with zero attached hydrogens (tertiary/aromatic N) is 4. The van der Waals surface area contributed by atoms with Crippen LogP contribution in [0.4, 0.5) is 19.0 Å². The zero-order chi connectivity index (χ0) is 19.4. The van der Waals surface area contributed by atoms with Crippen LogP contribution in [0.25, 0.3) is 33.4 Å². The van der Waals surface area contributed by atoms with Crippen LogP contribution in [0.2, 0.25) is 0 Å². The van der Waals surface area contributed by atoms with E-state index in [1.54, 1.807) is 6.07 Å². The normalized spacial score (nSPS) is 13.2. The van der Waals surface area contributed by atoms with Gasteiger partial charge in [0.05, 0.1) is 16.9 Å². The number of fused-ring (bicyclic) bond motifs is 2. The quantitative estimate of drug-likeness (QED) is 0.531. The van der Waals surface area contributed by atoms with Gasteiger partial charge in [0, 0.05) is 35.5 Å². The number of aryl methyl sites for hydroxylation is 1. The predicted octanol–water partition coefficient (Wildman–Crippen LogP) is 4.11. The largest absolute Gasteiger partial charge is 0.383 e. The molecule has 0 radical (unpaired) electrons. The van der Waals surface area contributed by atoms with E-state index < -0.39 is 17.5 Å². The van der Waals surface area contributed by atoms with E-state index in [9.17, 15) is 13.2 Å². The molecule has 0 aliphatic carbocycles. The topological polar surface area (TPSA) is 69.6 Å². The minimum Gasteiger partial charge on any atom is -0.383 e. The number of hydrogen-bond donors (Lipinski definition) is 1. The second-order valence-corrected chi connectivity index (χ2v) is 6.72. The summed E-state index contributed by atoms with van der Waals surface area (Å²) in [7, 11) is 0. The third kappa shape index (κ3) is 2.45. The van der Waals surface area contributed by atoms with Crippen LogP contribution >= 0.6 is 0 Å². The summed E-state index contributed by atoms with van der Waals surface area (Å²) in [5.41, 5.74) is 8.23. The Morgan fingerprint density at radius 1 is 0.964 bits per heavy atom. The van der Waals surface area contributed by atoms with E-state index in [4.69, 9.17) is 5.73 Å². The van der Waals surface area contributed by atoms with Gasteiger partial charge in [0.1, 0.15) is 23.8 Å². The Labute approximate surface area is 157 Å². The van der Waals surface area contributed by atoms with Crippen molar-refractivity contribution >= 4 is 16.7 Å². The number of halogens is 3. The zero-order valence-corrected chi connectivity index (χ0v) is 14.6. The summed E-state index contributed by atoms with van der Waals surface area (Å²) in [5.74, 6) is -2.10. The Bertz CT molecular complexity index is 1250. The van der Waals surface area contributed by atoms with Crippen molar-refractivity contribution < 1.29 is 13.2 Å². The van der Waals surface area contributed by atoms with Gasteiger partial charge in [-0.15, -0.1) is 0 Å². The molecule has 3 heterocycles. The molecule has 0 spiro atoms. The summed E-state index contributed by atoms with van der Waals surface area (Å²) in [6.07, 6.45) is 3.03. The van der Waals surface area contributed by atoms with Crippen molar-refractivity contribution in [3.05, 3.63) is 59.9 Å². The van der Waals surface area contributed by atoms with Gasteiger partial charge in [-0.05, 0) is 24.6 Å². The van der Waals surface area contributed by atoms with Crippen LogP contribution in [0.5, 0.6) is 0 Å². The fourth-order valence-electron chi connectivity index (χ4n) is 3.73. The summed E-state index contributed by atoms with van der Waals surface area (Å²) in [5, 5.41) is 0.658. The zero-order valence-electron chi connectivity index (χ0n) is 14.6. The number of aromatic nitrogens is 4. The third-order valence-corrected chi connectivity index (χ3v) is 5.03. The lowest BCUT2D eigenvalue weighted by Crippen LogP contribution is -1.99. The molecule has 4 aromatic rings. The highest BCUT2D eigenvalue weighted by molar-refractivity contribution is 5.93. The van der Waals surface area contributed by atoms with Crippen LogP contribution in [-0.2, 0) is 13.0 Å². The molecule has 28 heavy (non-hydrogen) atoms. The van der Waals surface area contributed by atoms with Crippen LogP contribution in [0, 0.1) is 17.5 Å². The summed E-state index contributed by atoms with van der Waals surface area (Å²) in [4.78, 5) is 12.7. The maximum Gasteiger partial charge on any atom is 0.161 e. The molecule has 8 heteroatoms. The minimum atomic E-state index is -1.23. The van der Waals surface area contributed by atoms with Gasteiger partial charge in [0.25, 0.3) is 0 Å². The Hall–Kier alpha value is -3.42. The van der Waals surface area contributed by atoms with Crippen molar-refractivity contribution in [1.29, 1.82) is 0 Å². The monoisotopic (exact) mass is 381 g/mol. The van der Waals surface area contributed by atoms with Crippen LogP contribution in [0.3, 0.4) is 0 Å². The van der Waals surface area contributed by atoms with Gasteiger partial charge < -0.3 is 10.3 Å². The van der Waals surface area contributed by atoms with Crippen molar-refractivity contribution in [2.45, 2.75) is 19.4 Å². The van der Waals surface area contributed by atoms with E-state index in [0.29, 0.717) is 35.0 Å². The molecule has 5 nitrogen and oxygen atoms in total. The highest BCUT2D eigenvalue weighted by Crippen LogP contribution is 2.38. The molecule has 2 aromatic carbocycles. The third-order valence-electron chi connectivity index (χ3n) is 5.03. The van der Waals surface area contributed by atoms with Crippen molar-refractivity contribution in [2.75, 3.05) is 5.73 Å². The van der Waals surface area contributed by atoms with Gasteiger partial charge in [-0.3, -0.25) is 0 Å². The molecule has 2 N–H and O–H groups in total. The summed E-state index contributed by atoms with van der Waals surface area (Å²) >= 11 is 0. The molecule has 2 aromatic heterocycles. The molecule has 1 aliphatic rings. The first kappa shape index (κ1) is 16.7. The first-order valence-corrected chi connectivity index (χ1v) is 8.78. The number of rotatable bonds is 2. The van der Waals surface area contributed by atoms with E-state index in [1.807, 2.05) is 16.7 Å². The fraction of sp³-hybridized carbons (Fsp3) is 0.150. The molecule has 0 fully saturated rings. The maximum absolute atomic E-state index is 14.5. The highest BCUT2D eigenvalue weighted by Gasteiger charge is 2.26. The molecular formula is C20H14F3N5. The molecule has 0 atom stereocenters. The second kappa shape index (κ2) is 6.05. The summed E-state index contributed by atoms with van der Waals surface area (Å²) in [6.45, 7) is 0.710. The second-order valence-electron chi connectivity index (χ2n) is 6.72. The first-order valence-electron chi connectivity index (χ1n) is 8.78. The van der Waals surface area contributed by atoms with Gasteiger partial charge in [0.2, 0.25) is 0 Å². The van der Waals surface area contributed by atoms with E-state index in [2.05, 4.69) is 15.0 Å². The Balaban J connectivity index is 1.79. The summed E-state index contributed by atoms with van der Waals surface area (Å²) in [6, 6.07) is 6.84. The number of imidazole rings is 1. The van der Waals surface area contributed by atoms with Gasteiger partial charge in [-0.25, -0.2) is 28.1 Å². The number of anilines is 1. The molecule has 140 valence electrons. The van der Waals surface area contributed by atoms with E-state index in [0.717, 1.165) is 30.3 Å². The average molecular weight is 381 g/mol. The van der Waals surface area contributed by atoms with Gasteiger partial charge >= 0.3 is 0 Å². The Kier molecular flexibility index (Phi) is 3.61. The first-order chi connectivity index (χ1) is 13.5. The van der Waals surface area contributed by atoms with Crippen molar-refractivity contribution in [3.63, 3.8) is 0 Å². The molecule has 0 amide bonds. The minimum absolute atomic E-state index is 0.0758. The molecule has 0 bridgehead atoms. The number of nitrogens with two attached hydrogens (primary N) is 1. The van der Waals surface area contributed by atoms with Gasteiger partial charge in [0.15, 0.2) is 11.6 Å². The van der Waals surface area contributed by atoms with E-state index in [1.165, 1.54) is 6.33 Å². The lowest BCUT2D eigenvalue weighted by atomic mass is 10.0. The van der Waals surface area contributed by atoms with Gasteiger partial charge in [-0.1, -0.05) is 6.07 Å². The van der Waals surface area contributed by atoms with E-state index in [-0.39, 0.29) is 11.3 Å². The SMILES string of the molecule is Nc1ncnc2ccc(-c3c(-c4cc(F)c(F)cc4F)nc4n3CCC4)cc12. The van der Waals surface area contributed by atoms with Crippen LogP contribution in [0.1, 0.15) is 12.2 Å². The fourth-order valence-corrected chi connectivity index (χ4v) is 3.73. The molecule has 0 saturated heterocycles. The molecule has 5 rings (SSSR count). The Morgan fingerprint density at radius 3 is 2.64 bits per heavy atom. The molecule has 0 unspecified atom stereocenters. The Morgan fingerprint density at radius 2 is 1.79 bits per heavy atom. The number of benzene rings is 2. The predicted molar refractivity (Wildman–Crippen MR) is 98.8 cm³/mol. The van der Waals surface area contributed by atoms with E-state index >= 15 is 0 Å².